The van der Waals surface area contributed by atoms with E-state index in [1.807, 2.05) is 36.2 Å². The SMILES string of the molecule is CC1CN(c2ccc(Cl)cc2)NC1=O. The van der Waals surface area contributed by atoms with Crippen molar-refractivity contribution < 1.29 is 4.79 Å². The van der Waals surface area contributed by atoms with Gasteiger partial charge in [-0.3, -0.25) is 15.2 Å². The van der Waals surface area contributed by atoms with Gasteiger partial charge in [-0.05, 0) is 24.3 Å². The van der Waals surface area contributed by atoms with Crippen molar-refractivity contribution in [3.63, 3.8) is 0 Å². The number of hydrazine groups is 1. The molecule has 1 aliphatic rings. The van der Waals surface area contributed by atoms with E-state index in [-0.39, 0.29) is 11.8 Å². The van der Waals surface area contributed by atoms with Crippen LogP contribution in [0.5, 0.6) is 0 Å². The van der Waals surface area contributed by atoms with Crippen LogP contribution in [0.3, 0.4) is 0 Å². The molecule has 0 spiro atoms. The minimum atomic E-state index is 0.0469. The molecule has 14 heavy (non-hydrogen) atoms. The van der Waals surface area contributed by atoms with Gasteiger partial charge in [0.25, 0.3) is 0 Å². The lowest BCUT2D eigenvalue weighted by molar-refractivity contribution is -0.121. The van der Waals surface area contributed by atoms with Gasteiger partial charge in [0.2, 0.25) is 5.91 Å². The highest BCUT2D eigenvalue weighted by molar-refractivity contribution is 6.30. The molecule has 1 aromatic rings. The number of benzene rings is 1. The van der Waals surface area contributed by atoms with E-state index in [9.17, 15) is 4.79 Å². The first kappa shape index (κ1) is 9.34. The molecule has 0 radical (unpaired) electrons. The highest BCUT2D eigenvalue weighted by Crippen LogP contribution is 2.20. The summed E-state index contributed by atoms with van der Waals surface area (Å²) in [4.78, 5) is 11.2. The molecular formula is C10H11ClN2O. The molecule has 2 rings (SSSR count). The van der Waals surface area contributed by atoms with E-state index in [0.29, 0.717) is 11.6 Å². The number of anilines is 1. The predicted octanol–water partition coefficient (Wildman–Crippen LogP) is 1.83. The minimum absolute atomic E-state index is 0.0469. The van der Waals surface area contributed by atoms with Gasteiger partial charge in [0, 0.05) is 5.02 Å². The monoisotopic (exact) mass is 210 g/mol. The Labute approximate surface area is 87.6 Å². The number of carbonyl (C=O) groups excluding carboxylic acids is 1. The molecule has 1 amide bonds. The highest BCUT2D eigenvalue weighted by atomic mass is 35.5. The maximum atomic E-state index is 11.2. The molecule has 1 N–H and O–H groups in total. The summed E-state index contributed by atoms with van der Waals surface area (Å²) in [6.45, 7) is 2.62. The third kappa shape index (κ3) is 1.68. The fraction of sp³-hybridized carbons (Fsp3) is 0.300. The van der Waals surface area contributed by atoms with Crippen molar-refractivity contribution in [2.75, 3.05) is 11.6 Å². The van der Waals surface area contributed by atoms with E-state index < -0.39 is 0 Å². The van der Waals surface area contributed by atoms with Gasteiger partial charge in [0.15, 0.2) is 0 Å². The molecule has 3 nitrogen and oxygen atoms in total. The Balaban J connectivity index is 2.17. The second kappa shape index (κ2) is 3.50. The topological polar surface area (TPSA) is 32.3 Å². The second-order valence-corrected chi connectivity index (χ2v) is 3.90. The number of halogens is 1. The molecule has 0 bridgehead atoms. The van der Waals surface area contributed by atoms with Crippen LogP contribution in [0, 0.1) is 5.92 Å². The third-order valence-electron chi connectivity index (χ3n) is 2.29. The molecule has 1 atom stereocenters. The lowest BCUT2D eigenvalue weighted by Crippen LogP contribution is -2.32. The Kier molecular flexibility index (Phi) is 2.33. The molecule has 0 aliphatic carbocycles. The van der Waals surface area contributed by atoms with Gasteiger partial charge in [-0.15, -0.1) is 0 Å². The molecule has 0 saturated carbocycles. The first-order valence-electron chi connectivity index (χ1n) is 4.50. The molecule has 1 fully saturated rings. The van der Waals surface area contributed by atoms with E-state index in [0.717, 1.165) is 5.69 Å². The fourth-order valence-corrected chi connectivity index (χ4v) is 1.56. The van der Waals surface area contributed by atoms with Gasteiger partial charge in [-0.2, -0.15) is 0 Å². The highest BCUT2D eigenvalue weighted by Gasteiger charge is 2.26. The van der Waals surface area contributed by atoms with E-state index >= 15 is 0 Å². The van der Waals surface area contributed by atoms with E-state index in [1.54, 1.807) is 0 Å². The van der Waals surface area contributed by atoms with E-state index in [1.165, 1.54) is 0 Å². The molecule has 4 heteroatoms. The first-order valence-corrected chi connectivity index (χ1v) is 4.88. The summed E-state index contributed by atoms with van der Waals surface area (Å²) in [6.07, 6.45) is 0. The van der Waals surface area contributed by atoms with Crippen LogP contribution in [0.1, 0.15) is 6.92 Å². The number of carbonyl (C=O) groups is 1. The molecule has 0 aromatic heterocycles. The van der Waals surface area contributed by atoms with Crippen LogP contribution >= 0.6 is 11.6 Å². The Hall–Kier alpha value is -1.22. The summed E-state index contributed by atoms with van der Waals surface area (Å²) in [5.41, 5.74) is 3.76. The van der Waals surface area contributed by atoms with Crippen LogP contribution in [-0.4, -0.2) is 12.5 Å². The van der Waals surface area contributed by atoms with Crippen LogP contribution in [0.25, 0.3) is 0 Å². The zero-order valence-electron chi connectivity index (χ0n) is 7.83. The average Bonchev–Trinajstić information content (AvgIpc) is 2.48. The molecule has 1 unspecified atom stereocenters. The van der Waals surface area contributed by atoms with E-state index in [4.69, 9.17) is 11.6 Å². The zero-order chi connectivity index (χ0) is 10.1. The minimum Gasteiger partial charge on any atom is -0.285 e. The number of nitrogens with one attached hydrogen (secondary N) is 1. The fourth-order valence-electron chi connectivity index (χ4n) is 1.44. The lowest BCUT2D eigenvalue weighted by atomic mass is 10.2. The van der Waals surface area contributed by atoms with Gasteiger partial charge in [-0.1, -0.05) is 18.5 Å². The van der Waals surface area contributed by atoms with Gasteiger partial charge in [0.1, 0.15) is 0 Å². The number of hydrogen-bond donors (Lipinski definition) is 1. The van der Waals surface area contributed by atoms with Crippen molar-refractivity contribution in [3.05, 3.63) is 29.3 Å². The quantitative estimate of drug-likeness (QED) is 0.767. The van der Waals surface area contributed by atoms with Crippen LogP contribution in [0.4, 0.5) is 5.69 Å². The summed E-state index contributed by atoms with van der Waals surface area (Å²) in [7, 11) is 0. The number of nitrogens with zero attached hydrogens (tertiary/aromatic N) is 1. The smallest absolute Gasteiger partial charge is 0.243 e. The Morgan fingerprint density at radius 1 is 1.43 bits per heavy atom. The zero-order valence-corrected chi connectivity index (χ0v) is 8.58. The Morgan fingerprint density at radius 3 is 2.57 bits per heavy atom. The van der Waals surface area contributed by atoms with Crippen LogP contribution in [0.15, 0.2) is 24.3 Å². The van der Waals surface area contributed by atoms with Crippen molar-refractivity contribution in [1.82, 2.24) is 5.43 Å². The largest absolute Gasteiger partial charge is 0.285 e. The second-order valence-electron chi connectivity index (χ2n) is 3.46. The molecule has 1 saturated heterocycles. The van der Waals surface area contributed by atoms with Crippen molar-refractivity contribution in [1.29, 1.82) is 0 Å². The molecule has 1 aromatic carbocycles. The van der Waals surface area contributed by atoms with Crippen LogP contribution < -0.4 is 10.4 Å². The maximum absolute atomic E-state index is 11.2. The lowest BCUT2D eigenvalue weighted by Gasteiger charge is -2.17. The summed E-state index contributed by atoms with van der Waals surface area (Å²) in [5.74, 6) is 0.116. The Bertz CT molecular complexity index is 350. The average molecular weight is 211 g/mol. The van der Waals surface area contributed by atoms with Gasteiger partial charge in [0.05, 0.1) is 18.2 Å². The Morgan fingerprint density at radius 2 is 2.07 bits per heavy atom. The van der Waals surface area contributed by atoms with Crippen molar-refractivity contribution in [2.24, 2.45) is 5.92 Å². The maximum Gasteiger partial charge on any atom is 0.243 e. The number of hydrogen-bond acceptors (Lipinski definition) is 2. The molecule has 1 aliphatic heterocycles. The van der Waals surface area contributed by atoms with Gasteiger partial charge < -0.3 is 0 Å². The normalized spacial score (nSPS) is 21.1. The predicted molar refractivity (Wildman–Crippen MR) is 56.1 cm³/mol. The van der Waals surface area contributed by atoms with Crippen molar-refractivity contribution in [2.45, 2.75) is 6.92 Å². The van der Waals surface area contributed by atoms with Gasteiger partial charge >= 0.3 is 0 Å². The standard InChI is InChI=1S/C10H11ClN2O/c1-7-6-13(12-10(7)14)9-4-2-8(11)3-5-9/h2-5,7H,6H2,1H3,(H,12,14). The van der Waals surface area contributed by atoms with Crippen LogP contribution in [0.2, 0.25) is 5.02 Å². The van der Waals surface area contributed by atoms with E-state index in [2.05, 4.69) is 5.43 Å². The number of rotatable bonds is 1. The number of amides is 1. The van der Waals surface area contributed by atoms with Crippen molar-refractivity contribution in [3.8, 4) is 0 Å². The third-order valence-corrected chi connectivity index (χ3v) is 2.54. The molecule has 74 valence electrons. The summed E-state index contributed by atoms with van der Waals surface area (Å²) < 4.78 is 0. The van der Waals surface area contributed by atoms with Gasteiger partial charge in [-0.25, -0.2) is 0 Å². The first-order chi connectivity index (χ1) is 6.66. The van der Waals surface area contributed by atoms with Crippen molar-refractivity contribution >= 4 is 23.2 Å². The summed E-state index contributed by atoms with van der Waals surface area (Å²) in [5, 5.41) is 2.54. The summed E-state index contributed by atoms with van der Waals surface area (Å²) in [6, 6.07) is 7.40. The molecular weight excluding hydrogens is 200 g/mol. The molecule has 1 heterocycles. The van der Waals surface area contributed by atoms with Crippen LogP contribution in [-0.2, 0) is 4.79 Å². The summed E-state index contributed by atoms with van der Waals surface area (Å²) >= 11 is 5.77.